The van der Waals surface area contributed by atoms with Crippen LogP contribution >= 0.6 is 11.3 Å². The summed E-state index contributed by atoms with van der Waals surface area (Å²) in [6, 6.07) is 7.24. The van der Waals surface area contributed by atoms with Gasteiger partial charge in [-0.1, -0.05) is 23.5 Å². The molecule has 7 nitrogen and oxygen atoms in total. The van der Waals surface area contributed by atoms with E-state index < -0.39 is 0 Å². The molecule has 8 heteroatoms. The average molecular weight is 344 g/mol. The highest BCUT2D eigenvalue weighted by Crippen LogP contribution is 2.42. The van der Waals surface area contributed by atoms with Crippen LogP contribution < -0.4 is 15.0 Å². The minimum absolute atomic E-state index is 0.0719. The molecule has 1 aliphatic heterocycles. The van der Waals surface area contributed by atoms with Crippen LogP contribution in [-0.2, 0) is 9.59 Å². The molecule has 1 aromatic carbocycles. The SMILES string of the molecule is O=C(CN1C(=O)CCOc2ccccc21)Nc1nnc(C2CC2)s1. The lowest BCUT2D eigenvalue weighted by molar-refractivity contribution is -0.121. The summed E-state index contributed by atoms with van der Waals surface area (Å²) in [5.74, 6) is 0.692. The first-order valence-electron chi connectivity index (χ1n) is 7.86. The number of ether oxygens (including phenoxy) is 1. The van der Waals surface area contributed by atoms with E-state index >= 15 is 0 Å². The molecule has 0 radical (unpaired) electrons. The van der Waals surface area contributed by atoms with Crippen LogP contribution in [0.15, 0.2) is 24.3 Å². The molecule has 1 fully saturated rings. The van der Waals surface area contributed by atoms with Crippen LogP contribution in [0.2, 0.25) is 0 Å². The molecular formula is C16H16N4O3S. The van der Waals surface area contributed by atoms with Gasteiger partial charge in [0, 0.05) is 5.92 Å². The zero-order chi connectivity index (χ0) is 16.5. The van der Waals surface area contributed by atoms with E-state index in [1.165, 1.54) is 16.2 Å². The number of aromatic nitrogens is 2. The third kappa shape index (κ3) is 3.09. The van der Waals surface area contributed by atoms with Crippen molar-refractivity contribution in [3.05, 3.63) is 29.3 Å². The van der Waals surface area contributed by atoms with E-state index in [-0.39, 0.29) is 24.8 Å². The lowest BCUT2D eigenvalue weighted by atomic mass is 10.2. The van der Waals surface area contributed by atoms with Crippen molar-refractivity contribution in [1.82, 2.24) is 10.2 Å². The van der Waals surface area contributed by atoms with Gasteiger partial charge in [0.15, 0.2) is 0 Å². The molecule has 1 saturated carbocycles. The largest absolute Gasteiger partial charge is 0.491 e. The van der Waals surface area contributed by atoms with Crippen LogP contribution in [0.1, 0.15) is 30.2 Å². The van der Waals surface area contributed by atoms with Crippen LogP contribution in [0.25, 0.3) is 0 Å². The Kier molecular flexibility index (Phi) is 3.89. The summed E-state index contributed by atoms with van der Waals surface area (Å²) in [6.07, 6.45) is 2.52. The van der Waals surface area contributed by atoms with E-state index in [9.17, 15) is 9.59 Å². The van der Waals surface area contributed by atoms with E-state index in [0.717, 1.165) is 17.8 Å². The smallest absolute Gasteiger partial charge is 0.246 e. The number of anilines is 2. The number of carbonyl (C=O) groups excluding carboxylic acids is 2. The third-order valence-corrected chi connectivity index (χ3v) is 4.95. The third-order valence-electron chi connectivity index (χ3n) is 3.95. The van der Waals surface area contributed by atoms with Crippen molar-refractivity contribution in [2.24, 2.45) is 0 Å². The van der Waals surface area contributed by atoms with Crippen molar-refractivity contribution in [2.45, 2.75) is 25.2 Å². The van der Waals surface area contributed by atoms with Crippen molar-refractivity contribution in [1.29, 1.82) is 0 Å². The fraction of sp³-hybridized carbons (Fsp3) is 0.375. The van der Waals surface area contributed by atoms with Gasteiger partial charge in [-0.2, -0.15) is 0 Å². The van der Waals surface area contributed by atoms with Crippen LogP contribution in [0, 0.1) is 0 Å². The lowest BCUT2D eigenvalue weighted by Gasteiger charge is -2.20. The number of fused-ring (bicyclic) bond motifs is 1. The van der Waals surface area contributed by atoms with E-state index in [0.29, 0.717) is 29.1 Å². The fourth-order valence-corrected chi connectivity index (χ4v) is 3.50. The summed E-state index contributed by atoms with van der Waals surface area (Å²) in [7, 11) is 0. The molecule has 0 atom stereocenters. The number of amides is 2. The molecule has 124 valence electrons. The van der Waals surface area contributed by atoms with E-state index in [4.69, 9.17) is 4.74 Å². The van der Waals surface area contributed by atoms with Gasteiger partial charge in [-0.15, -0.1) is 10.2 Å². The second-order valence-corrected chi connectivity index (χ2v) is 6.82. The summed E-state index contributed by atoms with van der Waals surface area (Å²) in [5, 5.41) is 12.3. The predicted octanol–water partition coefficient (Wildman–Crippen LogP) is 2.17. The molecule has 0 unspecified atom stereocenters. The second kappa shape index (κ2) is 6.20. The molecular weight excluding hydrogens is 328 g/mol. The van der Waals surface area contributed by atoms with Gasteiger partial charge in [-0.05, 0) is 25.0 Å². The zero-order valence-corrected chi connectivity index (χ0v) is 13.7. The maximum absolute atomic E-state index is 12.3. The standard InChI is InChI=1S/C16H16N4O3S/c21-13(17-16-19-18-15(24-16)10-5-6-10)9-20-11-3-1-2-4-12(11)23-8-7-14(20)22/h1-4,10H,5-9H2,(H,17,19,21). The van der Waals surface area contributed by atoms with E-state index in [1.807, 2.05) is 12.1 Å². The molecule has 24 heavy (non-hydrogen) atoms. The van der Waals surface area contributed by atoms with Gasteiger partial charge >= 0.3 is 0 Å². The monoisotopic (exact) mass is 344 g/mol. The molecule has 0 saturated heterocycles. The van der Waals surface area contributed by atoms with Gasteiger partial charge < -0.3 is 4.74 Å². The molecule has 2 amide bonds. The predicted molar refractivity (Wildman–Crippen MR) is 89.4 cm³/mol. The number of para-hydroxylation sites is 2. The summed E-state index contributed by atoms with van der Waals surface area (Å²) in [4.78, 5) is 26.1. The Bertz CT molecular complexity index is 787. The number of carbonyl (C=O) groups is 2. The molecule has 2 aromatic rings. The topological polar surface area (TPSA) is 84.4 Å². The first kappa shape index (κ1) is 15.1. The quantitative estimate of drug-likeness (QED) is 0.919. The fourth-order valence-electron chi connectivity index (χ4n) is 2.58. The van der Waals surface area contributed by atoms with Gasteiger partial charge in [-0.25, -0.2) is 0 Å². The molecule has 0 bridgehead atoms. The van der Waals surface area contributed by atoms with Gasteiger partial charge in [0.05, 0.1) is 18.7 Å². The number of hydrogen-bond donors (Lipinski definition) is 1. The van der Waals surface area contributed by atoms with Gasteiger partial charge in [0.1, 0.15) is 17.3 Å². The van der Waals surface area contributed by atoms with E-state index in [1.54, 1.807) is 12.1 Å². The average Bonchev–Trinajstić information content (AvgIpc) is 3.35. The molecule has 1 aromatic heterocycles. The minimum Gasteiger partial charge on any atom is -0.491 e. The Morgan fingerprint density at radius 1 is 1.33 bits per heavy atom. The molecule has 1 N–H and O–H groups in total. The molecule has 1 aliphatic carbocycles. The number of nitrogens with one attached hydrogen (secondary N) is 1. The Morgan fingerprint density at radius 2 is 2.17 bits per heavy atom. The lowest BCUT2D eigenvalue weighted by Crippen LogP contribution is -2.37. The highest BCUT2D eigenvalue weighted by Gasteiger charge is 2.28. The molecule has 0 spiro atoms. The van der Waals surface area contributed by atoms with Crippen LogP contribution in [0.3, 0.4) is 0 Å². The summed E-state index contributed by atoms with van der Waals surface area (Å²) >= 11 is 1.40. The number of hydrogen-bond acceptors (Lipinski definition) is 6. The normalized spacial score (nSPS) is 17.0. The maximum Gasteiger partial charge on any atom is 0.246 e. The zero-order valence-electron chi connectivity index (χ0n) is 12.9. The molecule has 2 aliphatic rings. The first-order valence-corrected chi connectivity index (χ1v) is 8.68. The second-order valence-electron chi connectivity index (χ2n) is 5.81. The summed E-state index contributed by atoms with van der Waals surface area (Å²) in [5.41, 5.74) is 0.617. The Morgan fingerprint density at radius 3 is 3.00 bits per heavy atom. The van der Waals surface area contributed by atoms with Gasteiger partial charge in [-0.3, -0.25) is 19.8 Å². The highest BCUT2D eigenvalue weighted by molar-refractivity contribution is 7.15. The van der Waals surface area contributed by atoms with Crippen molar-refractivity contribution < 1.29 is 14.3 Å². The minimum atomic E-state index is -0.293. The van der Waals surface area contributed by atoms with Gasteiger partial charge in [0.2, 0.25) is 16.9 Å². The van der Waals surface area contributed by atoms with Crippen molar-refractivity contribution in [3.8, 4) is 5.75 Å². The molecule has 2 heterocycles. The van der Waals surface area contributed by atoms with Crippen LogP contribution in [0.4, 0.5) is 10.8 Å². The Labute approximate surface area is 142 Å². The van der Waals surface area contributed by atoms with E-state index in [2.05, 4.69) is 15.5 Å². The Balaban J connectivity index is 1.48. The number of nitrogens with zero attached hydrogens (tertiary/aromatic N) is 3. The highest BCUT2D eigenvalue weighted by atomic mass is 32.1. The number of rotatable bonds is 4. The summed E-state index contributed by atoms with van der Waals surface area (Å²) in [6.45, 7) is 0.243. The van der Waals surface area contributed by atoms with Crippen molar-refractivity contribution in [3.63, 3.8) is 0 Å². The maximum atomic E-state index is 12.3. The van der Waals surface area contributed by atoms with Crippen molar-refractivity contribution >= 4 is 34.0 Å². The van der Waals surface area contributed by atoms with Crippen LogP contribution in [0.5, 0.6) is 5.75 Å². The first-order chi connectivity index (χ1) is 11.7. The van der Waals surface area contributed by atoms with Crippen molar-refractivity contribution in [2.75, 3.05) is 23.4 Å². The molecule has 4 rings (SSSR count). The Hall–Kier alpha value is -2.48. The van der Waals surface area contributed by atoms with Crippen LogP contribution in [-0.4, -0.2) is 35.2 Å². The summed E-state index contributed by atoms with van der Waals surface area (Å²) < 4.78 is 5.57. The number of benzene rings is 1. The van der Waals surface area contributed by atoms with Gasteiger partial charge in [0.25, 0.3) is 0 Å².